The Morgan fingerprint density at radius 3 is 2.29 bits per heavy atom. The van der Waals surface area contributed by atoms with Gasteiger partial charge in [-0.15, -0.1) is 0 Å². The van der Waals surface area contributed by atoms with Crippen molar-refractivity contribution >= 4 is 34.9 Å². The molecule has 4 rings (SSSR count). The second kappa shape index (κ2) is 10.7. The number of benzene rings is 2. The summed E-state index contributed by atoms with van der Waals surface area (Å²) in [6.45, 7) is 1.68. The van der Waals surface area contributed by atoms with Gasteiger partial charge in [-0.3, -0.25) is 15.0 Å². The highest BCUT2D eigenvalue weighted by Gasteiger charge is 2.20. The summed E-state index contributed by atoms with van der Waals surface area (Å²) in [5, 5.41) is 11.3. The molecule has 1 aromatic heterocycles. The number of carbonyl (C=O) groups is 2. The van der Waals surface area contributed by atoms with E-state index in [1.165, 1.54) is 18.3 Å². The van der Waals surface area contributed by atoms with Crippen LogP contribution < -0.4 is 5.32 Å². The minimum absolute atomic E-state index is 0.0468. The molecule has 1 fully saturated rings. The number of Topliss-reactive ketones (excluding diaryl/α,β-unsaturated/α-hetero) is 1. The van der Waals surface area contributed by atoms with Gasteiger partial charge in [-0.25, -0.2) is 13.8 Å². The van der Waals surface area contributed by atoms with E-state index in [-0.39, 0.29) is 29.1 Å². The lowest BCUT2D eigenvalue weighted by Gasteiger charge is -2.29. The van der Waals surface area contributed by atoms with Gasteiger partial charge in [0.1, 0.15) is 11.7 Å². The number of anilines is 1. The normalized spacial score (nSPS) is 13.4. The fourth-order valence-electron chi connectivity index (χ4n) is 3.97. The van der Waals surface area contributed by atoms with E-state index in [1.807, 2.05) is 4.90 Å². The summed E-state index contributed by atoms with van der Waals surface area (Å²) in [5.41, 5.74) is 0.922. The average Bonchev–Trinajstić information content (AvgIpc) is 2.87. The molecule has 9 heteroatoms. The molecular formula is C26H23ClF2N4O2. The summed E-state index contributed by atoms with van der Waals surface area (Å²) >= 11 is 5.79. The van der Waals surface area contributed by atoms with Crippen molar-refractivity contribution in [2.75, 3.05) is 18.4 Å². The van der Waals surface area contributed by atoms with Gasteiger partial charge in [0.25, 0.3) is 5.91 Å². The molecule has 1 aliphatic heterocycles. The summed E-state index contributed by atoms with van der Waals surface area (Å²) in [6.07, 6.45) is 4.30. The lowest BCUT2D eigenvalue weighted by molar-refractivity contribution is 0.0992. The van der Waals surface area contributed by atoms with E-state index in [0.717, 1.165) is 44.5 Å². The number of piperidine rings is 1. The number of halogens is 3. The molecule has 0 unspecified atom stereocenters. The van der Waals surface area contributed by atoms with Gasteiger partial charge in [0.05, 0.1) is 5.02 Å². The molecule has 0 radical (unpaired) electrons. The highest BCUT2D eigenvalue weighted by atomic mass is 35.5. The van der Waals surface area contributed by atoms with E-state index in [1.54, 1.807) is 24.3 Å². The van der Waals surface area contributed by atoms with Gasteiger partial charge in [0, 0.05) is 42.4 Å². The van der Waals surface area contributed by atoms with Crippen molar-refractivity contribution in [3.63, 3.8) is 0 Å². The van der Waals surface area contributed by atoms with Crippen LogP contribution in [-0.4, -0.2) is 40.5 Å². The third-order valence-electron chi connectivity index (χ3n) is 5.86. The van der Waals surface area contributed by atoms with Crippen LogP contribution in [0.15, 0.2) is 54.7 Å². The summed E-state index contributed by atoms with van der Waals surface area (Å²) in [7, 11) is 0. The minimum atomic E-state index is -1.20. The SMILES string of the molecule is N=C(c1ccc(C(=O)Cc2cc(F)c(F)cc2C(=O)Nc2ccc(Cl)cn2)cc1)N1CCCCC1. The van der Waals surface area contributed by atoms with Gasteiger partial charge in [0.2, 0.25) is 0 Å². The van der Waals surface area contributed by atoms with E-state index in [4.69, 9.17) is 17.0 Å². The number of amides is 1. The third-order valence-corrected chi connectivity index (χ3v) is 6.09. The van der Waals surface area contributed by atoms with Gasteiger partial charge in [-0.1, -0.05) is 35.9 Å². The van der Waals surface area contributed by atoms with E-state index in [0.29, 0.717) is 22.0 Å². The fraction of sp³-hybridized carbons (Fsp3) is 0.231. The number of carbonyl (C=O) groups excluding carboxylic acids is 2. The Bertz CT molecular complexity index is 1260. The predicted octanol–water partition coefficient (Wildman–Crippen LogP) is 5.50. The van der Waals surface area contributed by atoms with Gasteiger partial charge < -0.3 is 10.2 Å². The average molecular weight is 497 g/mol. The third kappa shape index (κ3) is 5.89. The summed E-state index contributed by atoms with van der Waals surface area (Å²) < 4.78 is 27.9. The number of likely N-dealkylation sites (tertiary alicyclic amines) is 1. The Morgan fingerprint density at radius 1 is 0.971 bits per heavy atom. The molecular weight excluding hydrogens is 474 g/mol. The zero-order valence-corrected chi connectivity index (χ0v) is 19.5. The summed E-state index contributed by atoms with van der Waals surface area (Å²) in [5.74, 6) is -2.86. The monoisotopic (exact) mass is 496 g/mol. The fourth-order valence-corrected chi connectivity index (χ4v) is 4.08. The van der Waals surface area contributed by atoms with Crippen LogP contribution in [-0.2, 0) is 6.42 Å². The van der Waals surface area contributed by atoms with Crippen LogP contribution in [0, 0.1) is 17.0 Å². The number of pyridine rings is 1. The zero-order valence-electron chi connectivity index (χ0n) is 18.8. The van der Waals surface area contributed by atoms with Crippen LogP contribution in [0.25, 0.3) is 0 Å². The van der Waals surface area contributed by atoms with Crippen molar-refractivity contribution in [3.8, 4) is 0 Å². The van der Waals surface area contributed by atoms with Crippen molar-refractivity contribution in [1.29, 1.82) is 5.41 Å². The van der Waals surface area contributed by atoms with Crippen LogP contribution in [0.3, 0.4) is 0 Å². The number of ketones is 1. The smallest absolute Gasteiger partial charge is 0.257 e. The lowest BCUT2D eigenvalue weighted by atomic mass is 9.97. The quantitative estimate of drug-likeness (QED) is 0.268. The second-order valence-corrected chi connectivity index (χ2v) is 8.75. The first-order chi connectivity index (χ1) is 16.8. The number of nitrogens with one attached hydrogen (secondary N) is 2. The first-order valence-electron chi connectivity index (χ1n) is 11.2. The largest absolute Gasteiger partial charge is 0.357 e. The van der Waals surface area contributed by atoms with Crippen LogP contribution in [0.5, 0.6) is 0 Å². The number of aromatic nitrogens is 1. The molecule has 2 N–H and O–H groups in total. The first kappa shape index (κ1) is 24.5. The predicted molar refractivity (Wildman–Crippen MR) is 130 cm³/mol. The minimum Gasteiger partial charge on any atom is -0.357 e. The van der Waals surface area contributed by atoms with Crippen molar-refractivity contribution in [3.05, 3.63) is 93.6 Å². The molecule has 2 aromatic carbocycles. The molecule has 180 valence electrons. The van der Waals surface area contributed by atoms with Crippen molar-refractivity contribution in [2.45, 2.75) is 25.7 Å². The number of hydrogen-bond donors (Lipinski definition) is 2. The Hall–Kier alpha value is -3.65. The van der Waals surface area contributed by atoms with Crippen molar-refractivity contribution in [2.24, 2.45) is 0 Å². The maximum absolute atomic E-state index is 14.0. The lowest BCUT2D eigenvalue weighted by Crippen LogP contribution is -2.35. The van der Waals surface area contributed by atoms with Crippen LogP contribution in [0.4, 0.5) is 14.6 Å². The molecule has 0 saturated carbocycles. The van der Waals surface area contributed by atoms with E-state index in [2.05, 4.69) is 10.3 Å². The van der Waals surface area contributed by atoms with Gasteiger partial charge in [0.15, 0.2) is 17.4 Å². The molecule has 1 saturated heterocycles. The summed E-state index contributed by atoms with van der Waals surface area (Å²) in [4.78, 5) is 31.7. The standard InChI is InChI=1S/C26H23ClF2N4O2/c27-19-8-9-24(31-15-19)32-26(35)20-14-22(29)21(28)12-18(20)13-23(34)16-4-6-17(7-5-16)25(30)33-10-2-1-3-11-33/h4-9,12,14-15,30H,1-3,10-11,13H2,(H,31,32,35). The molecule has 35 heavy (non-hydrogen) atoms. The zero-order chi connectivity index (χ0) is 24.9. The maximum Gasteiger partial charge on any atom is 0.257 e. The Morgan fingerprint density at radius 2 is 1.63 bits per heavy atom. The maximum atomic E-state index is 14.0. The van der Waals surface area contributed by atoms with Crippen LogP contribution >= 0.6 is 11.6 Å². The van der Waals surface area contributed by atoms with E-state index < -0.39 is 17.5 Å². The molecule has 0 bridgehead atoms. The van der Waals surface area contributed by atoms with Crippen LogP contribution in [0.1, 0.15) is 51.1 Å². The Kier molecular flexibility index (Phi) is 7.51. The number of hydrogen-bond acceptors (Lipinski definition) is 4. The van der Waals surface area contributed by atoms with Gasteiger partial charge in [-0.2, -0.15) is 0 Å². The van der Waals surface area contributed by atoms with Gasteiger partial charge >= 0.3 is 0 Å². The molecule has 6 nitrogen and oxygen atoms in total. The topological polar surface area (TPSA) is 86.1 Å². The van der Waals surface area contributed by atoms with E-state index >= 15 is 0 Å². The van der Waals surface area contributed by atoms with Crippen LogP contribution in [0.2, 0.25) is 5.02 Å². The first-order valence-corrected chi connectivity index (χ1v) is 11.6. The molecule has 0 spiro atoms. The van der Waals surface area contributed by atoms with Gasteiger partial charge in [-0.05, 0) is 49.1 Å². The van der Waals surface area contributed by atoms with Crippen molar-refractivity contribution in [1.82, 2.24) is 9.88 Å². The summed E-state index contributed by atoms with van der Waals surface area (Å²) in [6, 6.07) is 11.2. The number of amidine groups is 1. The molecule has 0 atom stereocenters. The Labute approximate surface area is 206 Å². The molecule has 0 aliphatic carbocycles. The number of rotatable bonds is 6. The Balaban J connectivity index is 1.51. The van der Waals surface area contributed by atoms with E-state index in [9.17, 15) is 18.4 Å². The highest BCUT2D eigenvalue weighted by Crippen LogP contribution is 2.20. The molecule has 1 aliphatic rings. The highest BCUT2D eigenvalue weighted by molar-refractivity contribution is 6.30. The number of nitrogens with zero attached hydrogens (tertiary/aromatic N) is 2. The molecule has 2 heterocycles. The molecule has 3 aromatic rings. The van der Waals surface area contributed by atoms with Crippen molar-refractivity contribution < 1.29 is 18.4 Å². The second-order valence-electron chi connectivity index (χ2n) is 8.31. The molecule has 1 amide bonds.